The van der Waals surface area contributed by atoms with E-state index >= 15 is 0 Å². The fourth-order valence-corrected chi connectivity index (χ4v) is 5.18. The fraction of sp³-hybridized carbons (Fsp3) is 0.267. The molecular formula is C30H29N3O5. The molecule has 8 heteroatoms. The largest absolute Gasteiger partial charge is 0.486 e. The van der Waals surface area contributed by atoms with E-state index in [4.69, 9.17) is 14.2 Å². The average Bonchev–Trinajstić information content (AvgIpc) is 3.58. The highest BCUT2D eigenvalue weighted by molar-refractivity contribution is 6.37. The molecule has 38 heavy (non-hydrogen) atoms. The Hall–Kier alpha value is -4.30. The molecule has 3 aliphatic heterocycles. The minimum absolute atomic E-state index is 0.259. The molecule has 0 unspecified atom stereocenters. The maximum atomic E-state index is 13.3. The van der Waals surface area contributed by atoms with E-state index in [0.29, 0.717) is 52.8 Å². The SMILES string of the molecule is COC(=O)c1ccc2c(c1)NC(=O)/C2=C(\Nc1ccc(CN2CCCC2)cc1)c1ccc2c(c1)OCCO2. The number of benzene rings is 3. The Labute approximate surface area is 221 Å². The maximum absolute atomic E-state index is 13.3. The quantitative estimate of drug-likeness (QED) is 0.364. The number of esters is 1. The van der Waals surface area contributed by atoms with Gasteiger partial charge in [0.2, 0.25) is 0 Å². The van der Waals surface area contributed by atoms with E-state index in [1.807, 2.05) is 30.3 Å². The van der Waals surface area contributed by atoms with Crippen molar-refractivity contribution in [3.05, 3.63) is 82.9 Å². The average molecular weight is 512 g/mol. The third-order valence-corrected chi connectivity index (χ3v) is 7.09. The molecule has 1 amide bonds. The van der Waals surface area contributed by atoms with Crippen LogP contribution in [0.1, 0.15) is 39.9 Å². The van der Waals surface area contributed by atoms with E-state index in [-0.39, 0.29) is 5.91 Å². The number of likely N-dealkylation sites (tertiary alicyclic amines) is 1. The first-order chi connectivity index (χ1) is 18.6. The van der Waals surface area contributed by atoms with Gasteiger partial charge in [0, 0.05) is 23.4 Å². The number of anilines is 2. The molecule has 0 saturated carbocycles. The van der Waals surface area contributed by atoms with Gasteiger partial charge in [-0.15, -0.1) is 0 Å². The Bertz CT molecular complexity index is 1420. The Morgan fingerprint density at radius 3 is 2.45 bits per heavy atom. The molecule has 0 radical (unpaired) electrons. The highest BCUT2D eigenvalue weighted by Crippen LogP contribution is 2.40. The van der Waals surface area contributed by atoms with Crippen molar-refractivity contribution in [1.82, 2.24) is 4.90 Å². The van der Waals surface area contributed by atoms with Gasteiger partial charge >= 0.3 is 5.97 Å². The van der Waals surface area contributed by atoms with Crippen LogP contribution in [0.15, 0.2) is 60.7 Å². The van der Waals surface area contributed by atoms with Gasteiger partial charge in [-0.25, -0.2) is 4.79 Å². The predicted molar refractivity (Wildman–Crippen MR) is 145 cm³/mol. The summed E-state index contributed by atoms with van der Waals surface area (Å²) in [5, 5.41) is 6.41. The number of carbonyl (C=O) groups is 2. The predicted octanol–water partition coefficient (Wildman–Crippen LogP) is 4.77. The standard InChI is InChI=1S/C30H29N3O5/c1-36-30(35)21-6-10-23-24(16-21)32-29(34)27(23)28(20-7-11-25-26(17-20)38-15-14-37-25)31-22-8-4-19(5-9-22)18-33-12-2-3-13-33/h4-11,16-17,31H,2-3,12-15,18H2,1H3,(H,32,34)/b28-27-. The highest BCUT2D eigenvalue weighted by Gasteiger charge is 2.30. The fourth-order valence-electron chi connectivity index (χ4n) is 5.18. The van der Waals surface area contributed by atoms with Crippen LogP contribution >= 0.6 is 0 Å². The normalized spacial score (nSPS) is 17.6. The molecule has 0 atom stereocenters. The van der Waals surface area contributed by atoms with Crippen LogP contribution in [0.4, 0.5) is 11.4 Å². The number of carbonyl (C=O) groups excluding carboxylic acids is 2. The summed E-state index contributed by atoms with van der Waals surface area (Å²) in [7, 11) is 1.33. The molecule has 1 fully saturated rings. The second-order valence-corrected chi connectivity index (χ2v) is 9.62. The van der Waals surface area contributed by atoms with Crippen LogP contribution in [0, 0.1) is 0 Å². The molecule has 2 N–H and O–H groups in total. The first-order valence-corrected chi connectivity index (χ1v) is 12.9. The number of hydrogen-bond acceptors (Lipinski definition) is 7. The van der Waals surface area contributed by atoms with Crippen LogP contribution < -0.4 is 20.1 Å². The first-order valence-electron chi connectivity index (χ1n) is 12.9. The topological polar surface area (TPSA) is 89.1 Å². The number of ether oxygens (including phenoxy) is 3. The van der Waals surface area contributed by atoms with Gasteiger partial charge in [-0.05, 0) is 74.0 Å². The van der Waals surface area contributed by atoms with Gasteiger partial charge < -0.3 is 24.8 Å². The second-order valence-electron chi connectivity index (χ2n) is 9.62. The van der Waals surface area contributed by atoms with Crippen LogP contribution in [-0.4, -0.2) is 50.2 Å². The molecule has 1 saturated heterocycles. The van der Waals surface area contributed by atoms with E-state index in [2.05, 4.69) is 27.7 Å². The van der Waals surface area contributed by atoms with Crippen molar-refractivity contribution in [2.45, 2.75) is 19.4 Å². The first kappa shape index (κ1) is 24.1. The van der Waals surface area contributed by atoms with Crippen LogP contribution in [0.5, 0.6) is 11.5 Å². The lowest BCUT2D eigenvalue weighted by Crippen LogP contribution is -2.18. The molecule has 6 rings (SSSR count). The van der Waals surface area contributed by atoms with Crippen LogP contribution in [0.3, 0.4) is 0 Å². The third kappa shape index (κ3) is 4.70. The molecular weight excluding hydrogens is 482 g/mol. The molecule has 3 aliphatic rings. The van der Waals surface area contributed by atoms with Crippen molar-refractivity contribution in [1.29, 1.82) is 0 Å². The van der Waals surface area contributed by atoms with Gasteiger partial charge in [0.25, 0.3) is 5.91 Å². The number of fused-ring (bicyclic) bond motifs is 2. The van der Waals surface area contributed by atoms with Crippen molar-refractivity contribution in [3.63, 3.8) is 0 Å². The molecule has 194 valence electrons. The summed E-state index contributed by atoms with van der Waals surface area (Å²) in [5.41, 5.74) is 5.65. The van der Waals surface area contributed by atoms with Crippen LogP contribution in [0.2, 0.25) is 0 Å². The van der Waals surface area contributed by atoms with Crippen molar-refractivity contribution in [2.75, 3.05) is 44.0 Å². The summed E-state index contributed by atoms with van der Waals surface area (Å²) < 4.78 is 16.4. The van der Waals surface area contributed by atoms with E-state index in [1.54, 1.807) is 18.2 Å². The van der Waals surface area contributed by atoms with Crippen molar-refractivity contribution in [2.24, 2.45) is 0 Å². The Morgan fingerprint density at radius 2 is 1.68 bits per heavy atom. The van der Waals surface area contributed by atoms with Gasteiger partial charge in [0.05, 0.1) is 29.6 Å². The lowest BCUT2D eigenvalue weighted by Gasteiger charge is -2.21. The van der Waals surface area contributed by atoms with Crippen LogP contribution in [0.25, 0.3) is 11.3 Å². The number of rotatable bonds is 6. The Kier molecular flexibility index (Phi) is 6.47. The lowest BCUT2D eigenvalue weighted by atomic mass is 9.98. The Morgan fingerprint density at radius 1 is 0.947 bits per heavy atom. The zero-order valence-electron chi connectivity index (χ0n) is 21.2. The highest BCUT2D eigenvalue weighted by atomic mass is 16.6. The number of hydrogen-bond donors (Lipinski definition) is 2. The van der Waals surface area contributed by atoms with Crippen LogP contribution in [-0.2, 0) is 16.1 Å². The summed E-state index contributed by atoms with van der Waals surface area (Å²) in [6.07, 6.45) is 2.52. The molecule has 3 aromatic carbocycles. The number of nitrogens with one attached hydrogen (secondary N) is 2. The summed E-state index contributed by atoms with van der Waals surface area (Å²) in [6, 6.07) is 19.1. The number of methoxy groups -OCH3 is 1. The monoisotopic (exact) mass is 511 g/mol. The second kappa shape index (κ2) is 10.2. The Balaban J connectivity index is 1.39. The number of amides is 1. The zero-order valence-corrected chi connectivity index (χ0v) is 21.2. The maximum Gasteiger partial charge on any atom is 0.337 e. The molecule has 0 aliphatic carbocycles. The summed E-state index contributed by atoms with van der Waals surface area (Å²) in [4.78, 5) is 27.9. The van der Waals surface area contributed by atoms with E-state index in [0.717, 1.165) is 30.9 Å². The minimum atomic E-state index is -0.460. The molecule has 3 aromatic rings. The summed E-state index contributed by atoms with van der Waals surface area (Å²) in [5.74, 6) is 0.590. The zero-order chi connectivity index (χ0) is 26.1. The number of nitrogens with zero attached hydrogens (tertiary/aromatic N) is 1. The van der Waals surface area contributed by atoms with Gasteiger partial charge in [-0.1, -0.05) is 18.2 Å². The summed E-state index contributed by atoms with van der Waals surface area (Å²) >= 11 is 0. The molecule has 8 nitrogen and oxygen atoms in total. The molecule has 0 aromatic heterocycles. The van der Waals surface area contributed by atoms with E-state index in [1.165, 1.54) is 25.5 Å². The van der Waals surface area contributed by atoms with Gasteiger partial charge in [0.15, 0.2) is 11.5 Å². The van der Waals surface area contributed by atoms with Gasteiger partial charge in [-0.2, -0.15) is 0 Å². The van der Waals surface area contributed by atoms with Gasteiger partial charge in [0.1, 0.15) is 13.2 Å². The van der Waals surface area contributed by atoms with Crippen molar-refractivity contribution < 1.29 is 23.8 Å². The smallest absolute Gasteiger partial charge is 0.337 e. The van der Waals surface area contributed by atoms with E-state index < -0.39 is 5.97 Å². The lowest BCUT2D eigenvalue weighted by molar-refractivity contribution is -0.110. The molecule has 0 spiro atoms. The third-order valence-electron chi connectivity index (χ3n) is 7.09. The van der Waals surface area contributed by atoms with E-state index in [9.17, 15) is 9.59 Å². The van der Waals surface area contributed by atoms with Gasteiger partial charge in [-0.3, -0.25) is 9.69 Å². The van der Waals surface area contributed by atoms with Crippen molar-refractivity contribution in [3.8, 4) is 11.5 Å². The molecule has 3 heterocycles. The minimum Gasteiger partial charge on any atom is -0.486 e. The summed E-state index contributed by atoms with van der Waals surface area (Å²) in [6.45, 7) is 4.20. The molecule has 0 bridgehead atoms. The van der Waals surface area contributed by atoms with Crippen molar-refractivity contribution >= 4 is 34.5 Å².